The standard InChI is InChI=1S/C23H28N4O5S/c1-6-8-18(28)31-12-11-24-16-13-17(19-20(26-32-25-19)21(16)27(29)30)33-22-14(2)9-7-10-15(22)23(3,4)5/h7,9-10,13,24H,6,8,11-12H2,1-5H3. The summed E-state index contributed by atoms with van der Waals surface area (Å²) in [4.78, 5) is 24.6. The van der Waals surface area contributed by atoms with E-state index in [0.29, 0.717) is 23.3 Å². The molecule has 0 fully saturated rings. The van der Waals surface area contributed by atoms with Crippen LogP contribution in [0.5, 0.6) is 0 Å². The number of aromatic nitrogens is 2. The topological polar surface area (TPSA) is 120 Å². The van der Waals surface area contributed by atoms with Gasteiger partial charge in [-0.3, -0.25) is 14.9 Å². The van der Waals surface area contributed by atoms with Crippen molar-refractivity contribution in [3.8, 4) is 0 Å². The minimum atomic E-state index is -0.513. The van der Waals surface area contributed by atoms with Gasteiger partial charge in [0.1, 0.15) is 12.3 Å². The quantitative estimate of drug-likeness (QED) is 0.182. The van der Waals surface area contributed by atoms with Gasteiger partial charge in [-0.25, -0.2) is 4.63 Å². The number of fused-ring (bicyclic) bond motifs is 1. The van der Waals surface area contributed by atoms with E-state index >= 15 is 0 Å². The number of hydrogen-bond donors (Lipinski definition) is 1. The molecular weight excluding hydrogens is 444 g/mol. The molecule has 0 aliphatic carbocycles. The molecule has 0 bridgehead atoms. The first-order chi connectivity index (χ1) is 15.6. The molecule has 1 aromatic heterocycles. The van der Waals surface area contributed by atoms with Crippen LogP contribution in [0, 0.1) is 17.0 Å². The minimum absolute atomic E-state index is 0.0707. The highest BCUT2D eigenvalue weighted by atomic mass is 32.2. The Labute approximate surface area is 196 Å². The molecule has 0 atom stereocenters. The van der Waals surface area contributed by atoms with E-state index in [4.69, 9.17) is 9.37 Å². The first-order valence-electron chi connectivity index (χ1n) is 10.7. The fourth-order valence-corrected chi connectivity index (χ4v) is 4.75. The van der Waals surface area contributed by atoms with Crippen LogP contribution < -0.4 is 5.32 Å². The number of rotatable bonds is 9. The van der Waals surface area contributed by atoms with Crippen LogP contribution in [0.4, 0.5) is 11.4 Å². The van der Waals surface area contributed by atoms with E-state index in [1.165, 1.54) is 11.8 Å². The highest BCUT2D eigenvalue weighted by molar-refractivity contribution is 7.99. The number of nitrogens with zero attached hydrogens (tertiary/aromatic N) is 3. The van der Waals surface area contributed by atoms with Crippen molar-refractivity contribution in [3.05, 3.63) is 45.5 Å². The lowest BCUT2D eigenvalue weighted by Crippen LogP contribution is -2.14. The molecule has 3 aromatic rings. The van der Waals surface area contributed by atoms with Crippen molar-refractivity contribution in [2.75, 3.05) is 18.5 Å². The number of ether oxygens (including phenoxy) is 1. The number of carbonyl (C=O) groups excluding carboxylic acids is 1. The maximum atomic E-state index is 11.8. The summed E-state index contributed by atoms with van der Waals surface area (Å²) in [5.41, 5.74) is 2.59. The maximum Gasteiger partial charge on any atom is 0.323 e. The van der Waals surface area contributed by atoms with Crippen LogP contribution in [0.2, 0.25) is 0 Å². The smallest absolute Gasteiger partial charge is 0.323 e. The van der Waals surface area contributed by atoms with Gasteiger partial charge in [-0.2, -0.15) is 0 Å². The average molecular weight is 473 g/mol. The molecule has 0 aliphatic heterocycles. The molecule has 0 spiro atoms. The number of carbonyl (C=O) groups is 1. The normalized spacial score (nSPS) is 11.5. The SMILES string of the molecule is CCCC(=O)OCCNc1cc(Sc2c(C)cccc2C(C)(C)C)c2nonc2c1[N+](=O)[O-]. The van der Waals surface area contributed by atoms with Crippen LogP contribution in [0.15, 0.2) is 38.7 Å². The summed E-state index contributed by atoms with van der Waals surface area (Å²) in [7, 11) is 0. The monoisotopic (exact) mass is 472 g/mol. The van der Waals surface area contributed by atoms with Gasteiger partial charge >= 0.3 is 11.7 Å². The van der Waals surface area contributed by atoms with E-state index in [1.54, 1.807) is 6.07 Å². The van der Waals surface area contributed by atoms with Gasteiger partial charge in [0.05, 0.1) is 4.92 Å². The van der Waals surface area contributed by atoms with E-state index in [-0.39, 0.29) is 41.4 Å². The van der Waals surface area contributed by atoms with Crippen molar-refractivity contribution in [1.82, 2.24) is 10.3 Å². The zero-order valence-electron chi connectivity index (χ0n) is 19.4. The number of aryl methyl sites for hydroxylation is 1. The third kappa shape index (κ3) is 5.62. The van der Waals surface area contributed by atoms with Gasteiger partial charge in [-0.05, 0) is 46.3 Å². The highest BCUT2D eigenvalue weighted by Gasteiger charge is 2.27. The fourth-order valence-electron chi connectivity index (χ4n) is 3.41. The number of nitro groups is 1. The maximum absolute atomic E-state index is 11.8. The number of hydrogen-bond acceptors (Lipinski definition) is 9. The lowest BCUT2D eigenvalue weighted by atomic mass is 9.86. The van der Waals surface area contributed by atoms with Crippen LogP contribution >= 0.6 is 11.8 Å². The van der Waals surface area contributed by atoms with E-state index in [9.17, 15) is 14.9 Å². The summed E-state index contributed by atoms with van der Waals surface area (Å²) in [5.74, 6) is -0.296. The van der Waals surface area contributed by atoms with E-state index in [2.05, 4.69) is 42.5 Å². The lowest BCUT2D eigenvalue weighted by Gasteiger charge is -2.24. The Kier molecular flexibility index (Phi) is 7.57. The second-order valence-corrected chi connectivity index (χ2v) is 9.74. The average Bonchev–Trinajstić information content (AvgIpc) is 3.21. The molecule has 3 rings (SSSR count). The number of anilines is 1. The molecule has 176 valence electrons. The summed E-state index contributed by atoms with van der Waals surface area (Å²) < 4.78 is 10.0. The molecule has 0 aliphatic rings. The third-order valence-corrected chi connectivity index (χ3v) is 6.30. The Balaban J connectivity index is 1.99. The Morgan fingerprint density at radius 1 is 1.27 bits per heavy atom. The largest absolute Gasteiger partial charge is 0.464 e. The molecule has 0 unspecified atom stereocenters. The Morgan fingerprint density at radius 3 is 2.67 bits per heavy atom. The number of esters is 1. The van der Waals surface area contributed by atoms with Gasteiger partial charge in [-0.15, -0.1) is 0 Å². The van der Waals surface area contributed by atoms with Crippen LogP contribution in [0.3, 0.4) is 0 Å². The molecule has 0 radical (unpaired) electrons. The van der Waals surface area contributed by atoms with Crippen LogP contribution in [-0.2, 0) is 14.9 Å². The van der Waals surface area contributed by atoms with E-state index in [0.717, 1.165) is 16.0 Å². The van der Waals surface area contributed by atoms with Gasteiger partial charge < -0.3 is 10.1 Å². The molecule has 33 heavy (non-hydrogen) atoms. The Morgan fingerprint density at radius 2 is 2.00 bits per heavy atom. The van der Waals surface area contributed by atoms with Crippen molar-refractivity contribution >= 4 is 40.1 Å². The van der Waals surface area contributed by atoms with Crippen molar-refractivity contribution < 1.29 is 19.1 Å². The number of benzene rings is 2. The highest BCUT2D eigenvalue weighted by Crippen LogP contribution is 2.44. The van der Waals surface area contributed by atoms with Crippen molar-refractivity contribution in [1.29, 1.82) is 0 Å². The first-order valence-corrected chi connectivity index (χ1v) is 11.6. The van der Waals surface area contributed by atoms with Gasteiger partial charge in [0.25, 0.3) is 0 Å². The molecule has 10 heteroatoms. The predicted octanol–water partition coefficient (Wildman–Crippen LogP) is 5.64. The zero-order valence-corrected chi connectivity index (χ0v) is 20.2. The van der Waals surface area contributed by atoms with Gasteiger partial charge in [-0.1, -0.05) is 57.7 Å². The molecule has 1 heterocycles. The van der Waals surface area contributed by atoms with Crippen LogP contribution in [-0.4, -0.2) is 34.4 Å². The van der Waals surface area contributed by atoms with Gasteiger partial charge in [0.2, 0.25) is 5.52 Å². The third-order valence-electron chi connectivity index (χ3n) is 5.03. The first kappa shape index (κ1) is 24.5. The van der Waals surface area contributed by atoms with Crippen molar-refractivity contribution in [2.45, 2.75) is 62.7 Å². The van der Waals surface area contributed by atoms with E-state index < -0.39 is 4.92 Å². The molecule has 0 saturated heterocycles. The summed E-state index contributed by atoms with van der Waals surface area (Å²) in [6.45, 7) is 10.7. The molecule has 2 aromatic carbocycles. The lowest BCUT2D eigenvalue weighted by molar-refractivity contribution is -0.382. The molecule has 1 N–H and O–H groups in total. The predicted molar refractivity (Wildman–Crippen MR) is 127 cm³/mol. The molecule has 9 nitrogen and oxygen atoms in total. The molecule has 0 saturated carbocycles. The van der Waals surface area contributed by atoms with Crippen molar-refractivity contribution in [2.24, 2.45) is 0 Å². The van der Waals surface area contributed by atoms with E-state index in [1.807, 2.05) is 26.0 Å². The summed E-state index contributed by atoms with van der Waals surface area (Å²) in [5, 5.41) is 22.6. The summed E-state index contributed by atoms with van der Waals surface area (Å²) in [6, 6.07) is 7.83. The zero-order chi connectivity index (χ0) is 24.2. The second kappa shape index (κ2) is 10.2. The molecular formula is C23H28N4O5S. The summed E-state index contributed by atoms with van der Waals surface area (Å²) >= 11 is 1.48. The Bertz CT molecular complexity index is 1170. The van der Waals surface area contributed by atoms with Crippen molar-refractivity contribution in [3.63, 3.8) is 0 Å². The van der Waals surface area contributed by atoms with Gasteiger partial charge in [0, 0.05) is 22.8 Å². The van der Waals surface area contributed by atoms with Crippen LogP contribution in [0.25, 0.3) is 11.0 Å². The minimum Gasteiger partial charge on any atom is -0.464 e. The van der Waals surface area contributed by atoms with Gasteiger partial charge in [0.15, 0.2) is 5.52 Å². The van der Waals surface area contributed by atoms with Crippen LogP contribution in [0.1, 0.15) is 51.7 Å². The Hall–Kier alpha value is -3.14. The summed E-state index contributed by atoms with van der Waals surface area (Å²) in [6.07, 6.45) is 1.04. The fraction of sp³-hybridized carbons (Fsp3) is 0.435. The molecule has 0 amide bonds. The number of nitrogens with one attached hydrogen (secondary N) is 1. The number of nitro benzene ring substituents is 1. The second-order valence-electron chi connectivity index (χ2n) is 8.69.